The molecule has 1 aliphatic heterocycles. The highest BCUT2D eigenvalue weighted by atomic mass is 79.9. The highest BCUT2D eigenvalue weighted by Gasteiger charge is 2.29. The summed E-state index contributed by atoms with van der Waals surface area (Å²) in [6, 6.07) is 18.7. The van der Waals surface area contributed by atoms with Gasteiger partial charge in [0.1, 0.15) is 0 Å². The average Bonchev–Trinajstić information content (AvgIpc) is 3.30. The fraction of sp³-hybridized carbons (Fsp3) is 0.320. The number of nitrogens with zero attached hydrogens (tertiary/aromatic N) is 4. The molecule has 2 aromatic carbocycles. The third-order valence-corrected chi connectivity index (χ3v) is 6.48. The number of aryl methyl sites for hydroxylation is 1. The Morgan fingerprint density at radius 3 is 2.66 bits per heavy atom. The lowest BCUT2D eigenvalue weighted by atomic mass is 10.1. The first-order valence-electron chi connectivity index (χ1n) is 10.9. The number of para-hydroxylation sites is 1. The van der Waals surface area contributed by atoms with Crippen molar-refractivity contribution in [3.05, 3.63) is 82.1 Å². The highest BCUT2D eigenvalue weighted by Crippen LogP contribution is 2.35. The van der Waals surface area contributed by atoms with Gasteiger partial charge >= 0.3 is 5.97 Å². The Bertz CT molecular complexity index is 1060. The van der Waals surface area contributed by atoms with Crippen molar-refractivity contribution in [2.45, 2.75) is 31.7 Å². The number of rotatable bonds is 8. The van der Waals surface area contributed by atoms with Gasteiger partial charge in [0.2, 0.25) is 5.95 Å². The Balaban J connectivity index is 1.51. The van der Waals surface area contributed by atoms with E-state index in [2.05, 4.69) is 67.1 Å². The number of aromatic carboxylic acids is 1. The van der Waals surface area contributed by atoms with E-state index in [9.17, 15) is 9.90 Å². The van der Waals surface area contributed by atoms with Crippen LogP contribution in [0.25, 0.3) is 0 Å². The van der Waals surface area contributed by atoms with Crippen LogP contribution in [0.15, 0.2) is 65.3 Å². The van der Waals surface area contributed by atoms with E-state index in [4.69, 9.17) is 4.98 Å². The number of halogens is 1. The van der Waals surface area contributed by atoms with Gasteiger partial charge in [0.15, 0.2) is 0 Å². The molecule has 166 valence electrons. The Morgan fingerprint density at radius 1 is 1.19 bits per heavy atom. The predicted octanol–water partition coefficient (Wildman–Crippen LogP) is 5.35. The number of hydrogen-bond donors (Lipinski definition) is 1. The topological polar surface area (TPSA) is 69.6 Å². The van der Waals surface area contributed by atoms with Crippen LogP contribution in [-0.2, 0) is 6.42 Å². The molecule has 0 bridgehead atoms. The summed E-state index contributed by atoms with van der Waals surface area (Å²) in [6.07, 6.45) is 4.95. The number of hydrogen-bond acceptors (Lipinski definition) is 5. The van der Waals surface area contributed by atoms with Crippen LogP contribution in [0.1, 0.15) is 46.9 Å². The zero-order chi connectivity index (χ0) is 22.5. The van der Waals surface area contributed by atoms with Gasteiger partial charge in [-0.3, -0.25) is 0 Å². The van der Waals surface area contributed by atoms with Crippen molar-refractivity contribution >= 4 is 33.5 Å². The largest absolute Gasteiger partial charge is 0.478 e. The number of carboxylic acid groups (broad SMARTS) is 1. The van der Waals surface area contributed by atoms with Gasteiger partial charge in [-0.2, -0.15) is 0 Å². The molecule has 1 N–H and O–H groups in total. The molecule has 0 radical (unpaired) electrons. The van der Waals surface area contributed by atoms with Crippen LogP contribution < -0.4 is 9.80 Å². The minimum atomic E-state index is -0.978. The summed E-state index contributed by atoms with van der Waals surface area (Å²) in [5.74, 6) is -0.360. The summed E-state index contributed by atoms with van der Waals surface area (Å²) in [6.45, 7) is 1.68. The number of carboxylic acids is 1. The maximum atomic E-state index is 11.8. The first-order valence-corrected chi connectivity index (χ1v) is 11.7. The Morgan fingerprint density at radius 2 is 1.94 bits per heavy atom. The number of benzene rings is 2. The SMILES string of the molecule is CN(CCCc1nc(N2CCCC2c2ccc(Br)cc2)ncc1C(=O)O)c1ccccc1. The Labute approximate surface area is 197 Å². The van der Waals surface area contributed by atoms with E-state index < -0.39 is 5.97 Å². The van der Waals surface area contributed by atoms with Gasteiger partial charge in [-0.15, -0.1) is 0 Å². The maximum absolute atomic E-state index is 11.8. The maximum Gasteiger partial charge on any atom is 0.339 e. The van der Waals surface area contributed by atoms with Gasteiger partial charge in [0.05, 0.1) is 17.3 Å². The van der Waals surface area contributed by atoms with E-state index in [-0.39, 0.29) is 11.6 Å². The molecule has 3 aromatic rings. The van der Waals surface area contributed by atoms with E-state index in [1.807, 2.05) is 25.2 Å². The Kier molecular flexibility index (Phi) is 7.05. The highest BCUT2D eigenvalue weighted by molar-refractivity contribution is 9.10. The normalized spacial score (nSPS) is 15.7. The summed E-state index contributed by atoms with van der Waals surface area (Å²) in [5.41, 5.74) is 3.16. The van der Waals surface area contributed by atoms with Gasteiger partial charge in [-0.1, -0.05) is 46.3 Å². The van der Waals surface area contributed by atoms with Crippen LogP contribution >= 0.6 is 15.9 Å². The van der Waals surface area contributed by atoms with E-state index in [0.29, 0.717) is 18.1 Å². The second kappa shape index (κ2) is 10.1. The minimum absolute atomic E-state index is 0.190. The molecule has 0 spiro atoms. The lowest BCUT2D eigenvalue weighted by Crippen LogP contribution is -2.26. The van der Waals surface area contributed by atoms with Crippen LogP contribution in [0.4, 0.5) is 11.6 Å². The molecule has 1 fully saturated rings. The first kappa shape index (κ1) is 22.3. The molecule has 1 saturated heterocycles. The van der Waals surface area contributed by atoms with Crippen molar-refractivity contribution < 1.29 is 9.90 Å². The number of aromatic nitrogens is 2. The molecule has 6 nitrogen and oxygen atoms in total. The zero-order valence-electron chi connectivity index (χ0n) is 18.1. The number of carbonyl (C=O) groups is 1. The van der Waals surface area contributed by atoms with E-state index in [1.54, 1.807) is 0 Å². The van der Waals surface area contributed by atoms with Crippen molar-refractivity contribution in [2.75, 3.05) is 29.9 Å². The molecule has 1 aliphatic rings. The number of anilines is 2. The minimum Gasteiger partial charge on any atom is -0.478 e. The van der Waals surface area contributed by atoms with Gasteiger partial charge in [0, 0.05) is 36.5 Å². The van der Waals surface area contributed by atoms with Crippen LogP contribution in [0.3, 0.4) is 0 Å². The molecule has 32 heavy (non-hydrogen) atoms. The summed E-state index contributed by atoms with van der Waals surface area (Å²) in [5, 5.41) is 9.66. The molecule has 2 heterocycles. The molecule has 7 heteroatoms. The van der Waals surface area contributed by atoms with E-state index in [1.165, 1.54) is 11.8 Å². The van der Waals surface area contributed by atoms with Crippen LogP contribution in [0, 0.1) is 0 Å². The third-order valence-electron chi connectivity index (χ3n) is 5.95. The molecule has 1 atom stereocenters. The molecule has 1 aromatic heterocycles. The van der Waals surface area contributed by atoms with Crippen LogP contribution in [0.5, 0.6) is 0 Å². The predicted molar refractivity (Wildman–Crippen MR) is 130 cm³/mol. The fourth-order valence-electron chi connectivity index (χ4n) is 4.25. The average molecular weight is 495 g/mol. The van der Waals surface area contributed by atoms with Crippen molar-refractivity contribution in [3.8, 4) is 0 Å². The van der Waals surface area contributed by atoms with Gasteiger partial charge in [-0.25, -0.2) is 14.8 Å². The lowest BCUT2D eigenvalue weighted by molar-refractivity contribution is 0.0694. The third kappa shape index (κ3) is 5.10. The van der Waals surface area contributed by atoms with Crippen molar-refractivity contribution in [1.29, 1.82) is 0 Å². The van der Waals surface area contributed by atoms with Gasteiger partial charge in [-0.05, 0) is 55.5 Å². The van der Waals surface area contributed by atoms with E-state index in [0.717, 1.165) is 42.5 Å². The Hall–Kier alpha value is -2.93. The summed E-state index contributed by atoms with van der Waals surface area (Å²) in [4.78, 5) is 25.3. The monoisotopic (exact) mass is 494 g/mol. The molecule has 0 amide bonds. The standard InChI is InChI=1S/C25H27BrN4O2/c1-29(20-7-3-2-4-8-20)15-5-9-22-21(24(31)32)17-27-25(28-22)30-16-6-10-23(30)18-11-13-19(26)14-12-18/h2-4,7-8,11-14,17,23H,5-6,9-10,15-16H2,1H3,(H,31,32). The lowest BCUT2D eigenvalue weighted by Gasteiger charge is -2.26. The van der Waals surface area contributed by atoms with Crippen molar-refractivity contribution in [2.24, 2.45) is 0 Å². The molecule has 4 rings (SSSR count). The molecular formula is C25H27BrN4O2. The van der Waals surface area contributed by atoms with Crippen LogP contribution in [-0.4, -0.2) is 41.2 Å². The van der Waals surface area contributed by atoms with Crippen molar-refractivity contribution in [1.82, 2.24) is 9.97 Å². The molecule has 0 saturated carbocycles. The summed E-state index contributed by atoms with van der Waals surface area (Å²) < 4.78 is 1.05. The molecule has 1 unspecified atom stereocenters. The van der Waals surface area contributed by atoms with Gasteiger partial charge in [0.25, 0.3) is 0 Å². The van der Waals surface area contributed by atoms with Crippen molar-refractivity contribution in [3.63, 3.8) is 0 Å². The quantitative estimate of drug-likeness (QED) is 0.455. The second-order valence-electron chi connectivity index (χ2n) is 8.10. The zero-order valence-corrected chi connectivity index (χ0v) is 19.7. The first-order chi connectivity index (χ1) is 15.5. The molecule has 0 aliphatic carbocycles. The fourth-order valence-corrected chi connectivity index (χ4v) is 4.51. The summed E-state index contributed by atoms with van der Waals surface area (Å²) >= 11 is 3.50. The summed E-state index contributed by atoms with van der Waals surface area (Å²) in [7, 11) is 2.05. The second-order valence-corrected chi connectivity index (χ2v) is 9.01. The van der Waals surface area contributed by atoms with E-state index >= 15 is 0 Å². The smallest absolute Gasteiger partial charge is 0.339 e. The molecular weight excluding hydrogens is 468 g/mol. The van der Waals surface area contributed by atoms with Crippen LogP contribution in [0.2, 0.25) is 0 Å². The van der Waals surface area contributed by atoms with Gasteiger partial charge < -0.3 is 14.9 Å².